The summed E-state index contributed by atoms with van der Waals surface area (Å²) in [5, 5.41) is 13.1. The molecule has 0 fully saturated rings. The number of halogens is 1. The molecule has 0 aliphatic rings. The molecule has 0 amide bonds. The van der Waals surface area contributed by atoms with Gasteiger partial charge in [-0.15, -0.1) is 0 Å². The number of rotatable bonds is 4. The van der Waals surface area contributed by atoms with Gasteiger partial charge in [-0.3, -0.25) is 9.20 Å². The van der Waals surface area contributed by atoms with Crippen LogP contribution in [0, 0.1) is 5.82 Å². The van der Waals surface area contributed by atoms with E-state index in [0.717, 1.165) is 0 Å². The minimum absolute atomic E-state index is 0.0988. The van der Waals surface area contributed by atoms with E-state index in [0.29, 0.717) is 16.9 Å². The number of fused-ring (bicyclic) bond motifs is 3. The lowest BCUT2D eigenvalue weighted by molar-refractivity contribution is 0.265. The Bertz CT molecular complexity index is 1210. The molecule has 0 spiro atoms. The van der Waals surface area contributed by atoms with Crippen molar-refractivity contribution in [1.29, 1.82) is 0 Å². The van der Waals surface area contributed by atoms with Crippen LogP contribution in [-0.2, 0) is 0 Å². The highest BCUT2D eigenvalue weighted by Gasteiger charge is 2.23. The largest absolute Gasteiger partial charge is 0.396 e. The number of imidazole rings is 1. The van der Waals surface area contributed by atoms with Gasteiger partial charge in [-0.1, -0.05) is 12.1 Å². The second-order valence-corrected chi connectivity index (χ2v) is 6.76. The monoisotopic (exact) mass is 371 g/mol. The van der Waals surface area contributed by atoms with Crippen molar-refractivity contribution < 1.29 is 14.0 Å². The zero-order valence-electron chi connectivity index (χ0n) is 15.0. The van der Waals surface area contributed by atoms with Crippen molar-refractivity contribution in [3.8, 4) is 11.6 Å². The molecule has 4 rings (SSSR count). The molecule has 0 saturated heterocycles. The van der Waals surface area contributed by atoms with E-state index in [2.05, 4.69) is 15.1 Å². The van der Waals surface area contributed by atoms with Gasteiger partial charge in [-0.2, -0.15) is 4.98 Å². The average Bonchev–Trinajstić information content (AvgIpc) is 3.27. The van der Waals surface area contributed by atoms with Gasteiger partial charge in [-0.25, -0.2) is 9.37 Å². The number of benzene rings is 1. The Morgan fingerprint density at radius 3 is 2.74 bits per heavy atom. The van der Waals surface area contributed by atoms with Crippen molar-refractivity contribution in [2.45, 2.75) is 32.7 Å². The molecule has 4 aromatic rings. The van der Waals surface area contributed by atoms with E-state index in [4.69, 9.17) is 4.52 Å². The summed E-state index contributed by atoms with van der Waals surface area (Å²) >= 11 is 0. The van der Waals surface area contributed by atoms with E-state index in [1.165, 1.54) is 23.0 Å². The normalized spacial score (nSPS) is 13.1. The Hall–Kier alpha value is -3.07. The fraction of sp³-hybridized carbons (Fsp3) is 0.333. The highest BCUT2D eigenvalue weighted by molar-refractivity contribution is 5.83. The molecule has 0 aliphatic heterocycles. The first-order chi connectivity index (χ1) is 12.9. The Balaban J connectivity index is 2.05. The SMILES string of the molecule is CC(CO)c1noc(-c2ncn3c2c(=O)n(C(C)C)c2cc(F)ccc23)n1. The molecule has 0 aliphatic carbocycles. The van der Waals surface area contributed by atoms with Crippen LogP contribution in [0.15, 0.2) is 33.8 Å². The number of aliphatic hydroxyl groups excluding tert-OH is 1. The van der Waals surface area contributed by atoms with Gasteiger partial charge in [0.05, 0.1) is 17.6 Å². The highest BCUT2D eigenvalue weighted by atomic mass is 19.1. The summed E-state index contributed by atoms with van der Waals surface area (Å²) in [6.45, 7) is 5.34. The predicted octanol–water partition coefficient (Wildman–Crippen LogP) is 2.52. The van der Waals surface area contributed by atoms with E-state index in [1.54, 1.807) is 17.4 Å². The molecule has 0 bridgehead atoms. The lowest BCUT2D eigenvalue weighted by Crippen LogP contribution is -2.24. The smallest absolute Gasteiger partial charge is 0.278 e. The molecule has 140 valence electrons. The van der Waals surface area contributed by atoms with Gasteiger partial charge < -0.3 is 14.2 Å². The summed E-state index contributed by atoms with van der Waals surface area (Å²) in [6.07, 6.45) is 1.48. The molecular weight excluding hydrogens is 353 g/mol. The topological polar surface area (TPSA) is 98.5 Å². The maximum atomic E-state index is 13.8. The molecule has 0 saturated carbocycles. The summed E-state index contributed by atoms with van der Waals surface area (Å²) in [5.41, 5.74) is 1.32. The van der Waals surface area contributed by atoms with Crippen molar-refractivity contribution in [2.75, 3.05) is 6.61 Å². The van der Waals surface area contributed by atoms with Crippen LogP contribution in [0.2, 0.25) is 0 Å². The zero-order valence-corrected chi connectivity index (χ0v) is 15.0. The molecule has 1 atom stereocenters. The minimum Gasteiger partial charge on any atom is -0.396 e. The third kappa shape index (κ3) is 2.62. The van der Waals surface area contributed by atoms with Crippen molar-refractivity contribution >= 4 is 16.6 Å². The van der Waals surface area contributed by atoms with Crippen LogP contribution in [0.1, 0.15) is 38.6 Å². The van der Waals surface area contributed by atoms with Crippen molar-refractivity contribution in [1.82, 2.24) is 24.1 Å². The number of hydrogen-bond acceptors (Lipinski definition) is 6. The molecule has 3 heterocycles. The molecule has 1 aromatic carbocycles. The summed E-state index contributed by atoms with van der Waals surface area (Å²) < 4.78 is 22.2. The summed E-state index contributed by atoms with van der Waals surface area (Å²) in [6, 6.07) is 4.09. The number of aromatic nitrogens is 5. The molecule has 1 N–H and O–H groups in total. The first-order valence-corrected chi connectivity index (χ1v) is 8.58. The van der Waals surface area contributed by atoms with Crippen LogP contribution in [-0.4, -0.2) is 35.8 Å². The zero-order chi connectivity index (χ0) is 19.3. The molecule has 27 heavy (non-hydrogen) atoms. The second-order valence-electron chi connectivity index (χ2n) is 6.76. The Morgan fingerprint density at radius 2 is 2.04 bits per heavy atom. The maximum absolute atomic E-state index is 13.8. The first-order valence-electron chi connectivity index (χ1n) is 8.58. The maximum Gasteiger partial charge on any atom is 0.278 e. The predicted molar refractivity (Wildman–Crippen MR) is 96.1 cm³/mol. The van der Waals surface area contributed by atoms with E-state index >= 15 is 0 Å². The van der Waals surface area contributed by atoms with Gasteiger partial charge in [0.25, 0.3) is 11.4 Å². The summed E-state index contributed by atoms with van der Waals surface area (Å²) in [4.78, 5) is 21.8. The molecular formula is C18H18FN5O3. The van der Waals surface area contributed by atoms with E-state index in [9.17, 15) is 14.3 Å². The van der Waals surface area contributed by atoms with Gasteiger partial charge in [-0.05, 0) is 32.0 Å². The van der Waals surface area contributed by atoms with Crippen LogP contribution in [0.3, 0.4) is 0 Å². The minimum atomic E-state index is -0.421. The van der Waals surface area contributed by atoms with Crippen molar-refractivity contribution in [3.63, 3.8) is 0 Å². The average molecular weight is 371 g/mol. The number of aliphatic hydroxyl groups is 1. The molecule has 9 heteroatoms. The van der Waals surface area contributed by atoms with E-state index < -0.39 is 5.82 Å². The van der Waals surface area contributed by atoms with Crippen LogP contribution in [0.5, 0.6) is 0 Å². The van der Waals surface area contributed by atoms with Crippen LogP contribution in [0.25, 0.3) is 28.1 Å². The number of hydrogen-bond donors (Lipinski definition) is 1. The van der Waals surface area contributed by atoms with Gasteiger partial charge in [0.15, 0.2) is 11.5 Å². The highest BCUT2D eigenvalue weighted by Crippen LogP contribution is 2.26. The standard InChI is InChI=1S/C18H18FN5O3/c1-9(2)24-13-6-11(19)4-5-12(13)23-8-20-14(15(23)18(24)26)17-21-16(22-27-17)10(3)7-25/h4-6,8-10,25H,7H2,1-3H3. The third-order valence-electron chi connectivity index (χ3n) is 4.52. The van der Waals surface area contributed by atoms with Crippen LogP contribution in [0.4, 0.5) is 4.39 Å². The lowest BCUT2D eigenvalue weighted by Gasteiger charge is -2.15. The van der Waals surface area contributed by atoms with Gasteiger partial charge in [0.2, 0.25) is 0 Å². The summed E-state index contributed by atoms with van der Waals surface area (Å²) in [5.74, 6) is -0.287. The van der Waals surface area contributed by atoms with E-state index in [-0.39, 0.29) is 41.2 Å². The number of nitrogens with zero attached hydrogens (tertiary/aromatic N) is 5. The Morgan fingerprint density at radius 1 is 1.26 bits per heavy atom. The second kappa shape index (κ2) is 6.27. The Labute approximate surface area is 152 Å². The Kier molecular flexibility index (Phi) is 4.03. The summed E-state index contributed by atoms with van der Waals surface area (Å²) in [7, 11) is 0. The quantitative estimate of drug-likeness (QED) is 0.592. The van der Waals surface area contributed by atoms with Crippen LogP contribution >= 0.6 is 0 Å². The molecule has 3 aromatic heterocycles. The third-order valence-corrected chi connectivity index (χ3v) is 4.52. The first kappa shape index (κ1) is 17.3. The van der Waals surface area contributed by atoms with Gasteiger partial charge >= 0.3 is 0 Å². The molecule has 8 nitrogen and oxygen atoms in total. The molecule has 1 unspecified atom stereocenters. The van der Waals surface area contributed by atoms with Crippen molar-refractivity contribution in [3.05, 3.63) is 46.5 Å². The fourth-order valence-corrected chi connectivity index (χ4v) is 3.13. The fourth-order valence-electron chi connectivity index (χ4n) is 3.13. The van der Waals surface area contributed by atoms with Gasteiger partial charge in [0.1, 0.15) is 17.7 Å². The molecule has 0 radical (unpaired) electrons. The van der Waals surface area contributed by atoms with Crippen molar-refractivity contribution in [2.24, 2.45) is 0 Å². The van der Waals surface area contributed by atoms with Crippen LogP contribution < -0.4 is 5.56 Å². The lowest BCUT2D eigenvalue weighted by atomic mass is 10.2. The van der Waals surface area contributed by atoms with Gasteiger partial charge in [0, 0.05) is 12.0 Å². The van der Waals surface area contributed by atoms with E-state index in [1.807, 2.05) is 13.8 Å².